The summed E-state index contributed by atoms with van der Waals surface area (Å²) < 4.78 is 13.2. The lowest BCUT2D eigenvalue weighted by atomic mass is 9.90. The number of aliphatic hydroxyl groups is 1. The predicted octanol–water partition coefficient (Wildman–Crippen LogP) is 2.05. The number of hydrogen-bond acceptors (Lipinski definition) is 2. The minimum atomic E-state index is -0.827. The van der Waals surface area contributed by atoms with Crippen LogP contribution in [0.2, 0.25) is 0 Å². The highest BCUT2D eigenvalue weighted by atomic mass is 19.1. The van der Waals surface area contributed by atoms with E-state index in [-0.39, 0.29) is 5.82 Å². The van der Waals surface area contributed by atoms with Crippen LogP contribution in [0.25, 0.3) is 0 Å². The molecular formula is C13H18FNO. The van der Waals surface area contributed by atoms with Crippen LogP contribution in [-0.2, 0) is 5.60 Å². The minimum Gasteiger partial charge on any atom is -0.384 e. The number of aryl methyl sites for hydroxylation is 1. The topological polar surface area (TPSA) is 23.5 Å². The number of hydrogen-bond donors (Lipinski definition) is 1. The molecule has 0 saturated carbocycles. The van der Waals surface area contributed by atoms with E-state index in [9.17, 15) is 9.50 Å². The molecular weight excluding hydrogens is 205 g/mol. The molecule has 1 heterocycles. The van der Waals surface area contributed by atoms with Gasteiger partial charge >= 0.3 is 0 Å². The molecule has 1 aliphatic rings. The maximum absolute atomic E-state index is 13.2. The van der Waals surface area contributed by atoms with E-state index < -0.39 is 5.60 Å². The molecule has 2 rings (SSSR count). The molecule has 0 bridgehead atoms. The second-order valence-corrected chi connectivity index (χ2v) is 4.96. The Hall–Kier alpha value is -0.930. The molecule has 1 saturated heterocycles. The number of halogens is 1. The summed E-state index contributed by atoms with van der Waals surface area (Å²) in [6.07, 6.45) is 0.703. The van der Waals surface area contributed by atoms with Crippen molar-refractivity contribution >= 4 is 0 Å². The molecule has 88 valence electrons. The van der Waals surface area contributed by atoms with Crippen LogP contribution >= 0.6 is 0 Å². The van der Waals surface area contributed by atoms with Crippen LogP contribution in [-0.4, -0.2) is 29.6 Å². The molecule has 0 radical (unpaired) electrons. The van der Waals surface area contributed by atoms with E-state index in [0.29, 0.717) is 24.6 Å². The number of rotatable bonds is 1. The Bertz CT molecular complexity index is 395. The molecule has 2 unspecified atom stereocenters. The fraction of sp³-hybridized carbons (Fsp3) is 0.538. The van der Waals surface area contributed by atoms with Crippen molar-refractivity contribution in [1.82, 2.24) is 4.90 Å². The van der Waals surface area contributed by atoms with Gasteiger partial charge in [-0.25, -0.2) is 4.39 Å². The number of benzene rings is 1. The molecule has 2 nitrogen and oxygen atoms in total. The lowest BCUT2D eigenvalue weighted by molar-refractivity contribution is 0.0484. The van der Waals surface area contributed by atoms with Gasteiger partial charge in [-0.3, -0.25) is 0 Å². The largest absolute Gasteiger partial charge is 0.384 e. The maximum Gasteiger partial charge on any atom is 0.126 e. The van der Waals surface area contributed by atoms with Gasteiger partial charge in [-0.15, -0.1) is 0 Å². The van der Waals surface area contributed by atoms with Gasteiger partial charge in [0.2, 0.25) is 0 Å². The zero-order valence-electron chi connectivity index (χ0n) is 10.00. The van der Waals surface area contributed by atoms with Crippen LogP contribution in [0.3, 0.4) is 0 Å². The summed E-state index contributed by atoms with van der Waals surface area (Å²) in [6.45, 7) is 4.43. The highest BCUT2D eigenvalue weighted by Gasteiger charge is 2.40. The monoisotopic (exact) mass is 223 g/mol. The Kier molecular flexibility index (Phi) is 2.76. The van der Waals surface area contributed by atoms with Crippen molar-refractivity contribution in [3.8, 4) is 0 Å². The Morgan fingerprint density at radius 3 is 2.69 bits per heavy atom. The van der Waals surface area contributed by atoms with Gasteiger partial charge in [0.1, 0.15) is 11.4 Å². The lowest BCUT2D eigenvalue weighted by Crippen LogP contribution is -2.29. The van der Waals surface area contributed by atoms with Gasteiger partial charge in [0.15, 0.2) is 0 Å². The summed E-state index contributed by atoms with van der Waals surface area (Å²) >= 11 is 0. The maximum atomic E-state index is 13.2. The molecule has 1 aromatic carbocycles. The molecule has 2 atom stereocenters. The van der Waals surface area contributed by atoms with Crippen LogP contribution < -0.4 is 0 Å². The molecule has 1 aromatic rings. The number of likely N-dealkylation sites (tertiary alicyclic amines) is 1. The average Bonchev–Trinajstić information content (AvgIpc) is 2.46. The predicted molar refractivity (Wildman–Crippen MR) is 61.7 cm³/mol. The second-order valence-electron chi connectivity index (χ2n) is 4.96. The van der Waals surface area contributed by atoms with Gasteiger partial charge in [0, 0.05) is 12.6 Å². The quantitative estimate of drug-likeness (QED) is 0.787. The molecule has 1 fully saturated rings. The smallest absolute Gasteiger partial charge is 0.126 e. The van der Waals surface area contributed by atoms with Gasteiger partial charge in [-0.05, 0) is 44.5 Å². The van der Waals surface area contributed by atoms with Crippen molar-refractivity contribution < 1.29 is 9.50 Å². The Labute approximate surface area is 95.7 Å². The highest BCUT2D eigenvalue weighted by molar-refractivity contribution is 5.30. The zero-order chi connectivity index (χ0) is 11.9. The number of nitrogens with zero attached hydrogens (tertiary/aromatic N) is 1. The fourth-order valence-electron chi connectivity index (χ4n) is 2.42. The van der Waals surface area contributed by atoms with Gasteiger partial charge in [-0.2, -0.15) is 0 Å². The fourth-order valence-corrected chi connectivity index (χ4v) is 2.42. The summed E-state index contributed by atoms with van der Waals surface area (Å²) in [5, 5.41) is 10.6. The highest BCUT2D eigenvalue weighted by Crippen LogP contribution is 2.35. The number of likely N-dealkylation sites (N-methyl/N-ethyl adjacent to an activating group) is 1. The first kappa shape index (κ1) is 11.6. The minimum absolute atomic E-state index is 0.216. The first-order valence-corrected chi connectivity index (χ1v) is 5.61. The van der Waals surface area contributed by atoms with E-state index in [1.54, 1.807) is 19.1 Å². The first-order valence-electron chi connectivity index (χ1n) is 5.61. The third-order valence-electron chi connectivity index (χ3n) is 3.59. The summed E-state index contributed by atoms with van der Waals surface area (Å²) in [4.78, 5) is 2.12. The van der Waals surface area contributed by atoms with Gasteiger partial charge in [0.25, 0.3) is 0 Å². The normalized spacial score (nSPS) is 30.9. The Morgan fingerprint density at radius 2 is 2.19 bits per heavy atom. The van der Waals surface area contributed by atoms with E-state index in [1.165, 1.54) is 6.07 Å². The van der Waals surface area contributed by atoms with Gasteiger partial charge < -0.3 is 10.0 Å². The standard InChI is InChI=1S/C13H18FNO/c1-9-6-11(4-5-12(9)14)13(16)7-10(2)15(3)8-13/h4-6,10,16H,7-8H2,1-3H3. The van der Waals surface area contributed by atoms with Crippen molar-refractivity contribution in [1.29, 1.82) is 0 Å². The van der Waals surface area contributed by atoms with Crippen molar-refractivity contribution in [2.45, 2.75) is 31.9 Å². The molecule has 16 heavy (non-hydrogen) atoms. The van der Waals surface area contributed by atoms with Crippen molar-refractivity contribution in [2.75, 3.05) is 13.6 Å². The SMILES string of the molecule is Cc1cc(C2(O)CC(C)N(C)C2)ccc1F. The molecule has 0 spiro atoms. The molecule has 3 heteroatoms. The summed E-state index contributed by atoms with van der Waals surface area (Å²) in [6, 6.07) is 5.23. The first-order chi connectivity index (χ1) is 7.42. The van der Waals surface area contributed by atoms with Crippen LogP contribution in [0.4, 0.5) is 4.39 Å². The molecule has 0 amide bonds. The van der Waals surface area contributed by atoms with E-state index in [2.05, 4.69) is 11.8 Å². The second kappa shape index (κ2) is 3.82. The zero-order valence-corrected chi connectivity index (χ0v) is 10.00. The van der Waals surface area contributed by atoms with Crippen LogP contribution in [0, 0.1) is 12.7 Å². The van der Waals surface area contributed by atoms with E-state index in [4.69, 9.17) is 0 Å². The van der Waals surface area contributed by atoms with Crippen LogP contribution in [0.1, 0.15) is 24.5 Å². The summed E-state index contributed by atoms with van der Waals surface area (Å²) in [5.74, 6) is -0.216. The third-order valence-corrected chi connectivity index (χ3v) is 3.59. The van der Waals surface area contributed by atoms with E-state index in [1.807, 2.05) is 7.05 Å². The molecule has 0 aromatic heterocycles. The Balaban J connectivity index is 2.34. The summed E-state index contributed by atoms with van der Waals surface area (Å²) in [5.41, 5.74) is 0.586. The van der Waals surface area contributed by atoms with Crippen molar-refractivity contribution in [3.05, 3.63) is 35.1 Å². The third kappa shape index (κ3) is 1.85. The van der Waals surface area contributed by atoms with Gasteiger partial charge in [0.05, 0.1) is 0 Å². The van der Waals surface area contributed by atoms with Crippen molar-refractivity contribution in [3.63, 3.8) is 0 Å². The van der Waals surface area contributed by atoms with E-state index >= 15 is 0 Å². The lowest BCUT2D eigenvalue weighted by Gasteiger charge is -2.23. The molecule has 1 N–H and O–H groups in total. The van der Waals surface area contributed by atoms with Gasteiger partial charge in [-0.1, -0.05) is 12.1 Å². The average molecular weight is 223 g/mol. The Morgan fingerprint density at radius 1 is 1.50 bits per heavy atom. The van der Waals surface area contributed by atoms with E-state index in [0.717, 1.165) is 5.56 Å². The van der Waals surface area contributed by atoms with Crippen molar-refractivity contribution in [2.24, 2.45) is 0 Å². The molecule has 0 aliphatic carbocycles. The number of β-amino-alcohol motifs (C(OH)–C–C–N with tert-alkyl or cyclic N) is 1. The molecule has 1 aliphatic heterocycles. The summed E-state index contributed by atoms with van der Waals surface area (Å²) in [7, 11) is 2.00. The van der Waals surface area contributed by atoms with Crippen LogP contribution in [0.15, 0.2) is 18.2 Å². The van der Waals surface area contributed by atoms with Crippen LogP contribution in [0.5, 0.6) is 0 Å².